The van der Waals surface area contributed by atoms with Crippen molar-refractivity contribution < 1.29 is 29.7 Å². The third-order valence-corrected chi connectivity index (χ3v) is 1.60. The summed E-state index contributed by atoms with van der Waals surface area (Å²) in [7, 11) is 0. The molecule has 16 heavy (non-hydrogen) atoms. The molecule has 0 atom stereocenters. The fourth-order valence-corrected chi connectivity index (χ4v) is 1.02. The van der Waals surface area contributed by atoms with Gasteiger partial charge in [0.05, 0.1) is 5.56 Å². The van der Waals surface area contributed by atoms with Crippen LogP contribution in [-0.2, 0) is 0 Å². The molecule has 0 aliphatic rings. The molecule has 86 valence electrons. The zero-order chi connectivity index (χ0) is 11.6. The minimum atomic E-state index is -1.64. The molecule has 1 rings (SSSR count). The van der Waals surface area contributed by atoms with Crippen molar-refractivity contribution in [3.05, 3.63) is 29.1 Å². The van der Waals surface area contributed by atoms with Gasteiger partial charge in [-0.25, -0.2) is 19.4 Å². The number of rotatable bonds is 3. The van der Waals surface area contributed by atoms with Crippen LogP contribution in [0.2, 0.25) is 0 Å². The number of halogens is 1. The molecule has 0 amide bonds. The Hall–Kier alpha value is -2.15. The summed E-state index contributed by atoms with van der Waals surface area (Å²) in [6.07, 6.45) is 0.930. The van der Waals surface area contributed by atoms with Crippen LogP contribution in [0.15, 0.2) is 12.3 Å². The van der Waals surface area contributed by atoms with E-state index >= 15 is 0 Å². The molecule has 0 unspecified atom stereocenters. The molecule has 1 aromatic heterocycles. The molecular weight excluding hydrogens is 242 g/mol. The first-order chi connectivity index (χ1) is 6.95. The predicted octanol–water partition coefficient (Wildman–Crippen LogP) is 0.598. The van der Waals surface area contributed by atoms with Gasteiger partial charge in [-0.3, -0.25) is 0 Å². The molecule has 0 fully saturated rings. The lowest BCUT2D eigenvalue weighted by atomic mass is 10.1. The van der Waals surface area contributed by atoms with E-state index in [0.29, 0.717) is 0 Å². The third kappa shape index (κ3) is 2.45. The summed E-state index contributed by atoms with van der Waals surface area (Å²) < 4.78 is 0. The van der Waals surface area contributed by atoms with Gasteiger partial charge in [-0.1, -0.05) is 0 Å². The van der Waals surface area contributed by atoms with Gasteiger partial charge in [0.15, 0.2) is 5.69 Å². The van der Waals surface area contributed by atoms with Crippen LogP contribution in [0.3, 0.4) is 0 Å². The Bertz CT molecular complexity index is 426. The van der Waals surface area contributed by atoms with Crippen LogP contribution < -0.4 is 0 Å². The van der Waals surface area contributed by atoms with E-state index in [1.165, 1.54) is 0 Å². The molecule has 0 radical (unpaired) electrons. The summed E-state index contributed by atoms with van der Waals surface area (Å²) in [5, 5.41) is 25.9. The average molecular weight is 248 g/mol. The summed E-state index contributed by atoms with van der Waals surface area (Å²) >= 11 is 0. The highest BCUT2D eigenvalue weighted by Crippen LogP contribution is 2.12. The Morgan fingerprint density at radius 1 is 1.00 bits per heavy atom. The van der Waals surface area contributed by atoms with E-state index in [0.717, 1.165) is 12.3 Å². The van der Waals surface area contributed by atoms with Crippen molar-refractivity contribution in [1.82, 2.24) is 4.98 Å². The number of carboxylic acids is 3. The lowest BCUT2D eigenvalue weighted by Gasteiger charge is -2.03. The molecule has 0 aliphatic carbocycles. The van der Waals surface area contributed by atoms with Gasteiger partial charge < -0.3 is 15.3 Å². The van der Waals surface area contributed by atoms with E-state index < -0.39 is 34.7 Å². The SMILES string of the molecule is Cl.O=C(O)c1ccnc(C(=O)O)c1C(=O)O. The van der Waals surface area contributed by atoms with E-state index in [9.17, 15) is 14.4 Å². The smallest absolute Gasteiger partial charge is 0.355 e. The molecule has 0 aliphatic heterocycles. The zero-order valence-corrected chi connectivity index (χ0v) is 8.39. The quantitative estimate of drug-likeness (QED) is 0.714. The van der Waals surface area contributed by atoms with Gasteiger partial charge in [-0.2, -0.15) is 0 Å². The highest BCUT2D eigenvalue weighted by atomic mass is 35.5. The van der Waals surface area contributed by atoms with Crippen LogP contribution in [-0.4, -0.2) is 38.2 Å². The molecule has 0 spiro atoms. The fourth-order valence-electron chi connectivity index (χ4n) is 1.02. The molecule has 0 bridgehead atoms. The first-order valence-electron chi connectivity index (χ1n) is 3.64. The van der Waals surface area contributed by atoms with Crippen molar-refractivity contribution in [3.63, 3.8) is 0 Å². The number of carboxylic acid groups (broad SMARTS) is 3. The van der Waals surface area contributed by atoms with Crippen molar-refractivity contribution >= 4 is 30.3 Å². The first-order valence-corrected chi connectivity index (χ1v) is 3.64. The standard InChI is InChI=1S/C8H5NO6.ClH/c10-6(11)3-1-2-9-5(8(14)15)4(3)7(12)13;/h1-2H,(H,10,11)(H,12,13)(H,14,15);1H. The Balaban J connectivity index is 0.00000225. The van der Waals surface area contributed by atoms with Crippen molar-refractivity contribution in [3.8, 4) is 0 Å². The van der Waals surface area contributed by atoms with E-state index in [4.69, 9.17) is 15.3 Å². The molecule has 0 aromatic carbocycles. The normalized spacial score (nSPS) is 9.00. The highest BCUT2D eigenvalue weighted by molar-refractivity contribution is 6.07. The Labute approximate surface area is 94.8 Å². The van der Waals surface area contributed by atoms with Crippen LogP contribution >= 0.6 is 12.4 Å². The third-order valence-electron chi connectivity index (χ3n) is 1.60. The topological polar surface area (TPSA) is 125 Å². The van der Waals surface area contributed by atoms with Crippen LogP contribution in [0.25, 0.3) is 0 Å². The summed E-state index contributed by atoms with van der Waals surface area (Å²) in [5.74, 6) is -4.74. The van der Waals surface area contributed by atoms with Crippen LogP contribution in [0.4, 0.5) is 0 Å². The second-order valence-corrected chi connectivity index (χ2v) is 2.50. The number of aromatic nitrogens is 1. The van der Waals surface area contributed by atoms with Gasteiger partial charge in [-0.05, 0) is 6.07 Å². The van der Waals surface area contributed by atoms with Gasteiger partial charge in [0.25, 0.3) is 0 Å². The second kappa shape index (κ2) is 5.08. The lowest BCUT2D eigenvalue weighted by Crippen LogP contribution is -2.16. The molecule has 0 saturated carbocycles. The molecule has 3 N–H and O–H groups in total. The maximum atomic E-state index is 10.7. The van der Waals surface area contributed by atoms with Crippen molar-refractivity contribution in [1.29, 1.82) is 0 Å². The van der Waals surface area contributed by atoms with Crippen LogP contribution in [0.1, 0.15) is 31.2 Å². The van der Waals surface area contributed by atoms with Crippen molar-refractivity contribution in [2.24, 2.45) is 0 Å². The monoisotopic (exact) mass is 247 g/mol. The summed E-state index contributed by atoms with van der Waals surface area (Å²) in [6, 6.07) is 0.929. The molecule has 1 aromatic rings. The average Bonchev–Trinajstić information content (AvgIpc) is 2.16. The molecule has 7 nitrogen and oxygen atoms in total. The Morgan fingerprint density at radius 2 is 1.56 bits per heavy atom. The van der Waals surface area contributed by atoms with Gasteiger partial charge in [0.2, 0.25) is 0 Å². The molecule has 8 heteroatoms. The van der Waals surface area contributed by atoms with E-state index in [1.54, 1.807) is 0 Å². The number of pyridine rings is 1. The van der Waals surface area contributed by atoms with Crippen LogP contribution in [0.5, 0.6) is 0 Å². The second-order valence-electron chi connectivity index (χ2n) is 2.50. The zero-order valence-electron chi connectivity index (χ0n) is 7.58. The maximum Gasteiger partial charge on any atom is 0.355 e. The highest BCUT2D eigenvalue weighted by Gasteiger charge is 2.24. The number of hydrogen-bond donors (Lipinski definition) is 3. The van der Waals surface area contributed by atoms with Gasteiger partial charge in [0, 0.05) is 6.20 Å². The van der Waals surface area contributed by atoms with E-state index in [1.807, 2.05) is 0 Å². The lowest BCUT2D eigenvalue weighted by molar-refractivity contribution is 0.0629. The molecule has 0 saturated heterocycles. The van der Waals surface area contributed by atoms with E-state index in [2.05, 4.69) is 4.98 Å². The predicted molar refractivity (Wildman–Crippen MR) is 52.4 cm³/mol. The van der Waals surface area contributed by atoms with E-state index in [-0.39, 0.29) is 12.4 Å². The molecular formula is C8H6ClNO6. The van der Waals surface area contributed by atoms with Crippen molar-refractivity contribution in [2.75, 3.05) is 0 Å². The van der Waals surface area contributed by atoms with Gasteiger partial charge >= 0.3 is 17.9 Å². The number of hydrogen-bond acceptors (Lipinski definition) is 4. The largest absolute Gasteiger partial charge is 0.478 e. The molecule has 1 heterocycles. The Kier molecular flexibility index (Phi) is 4.40. The summed E-state index contributed by atoms with van der Waals surface area (Å²) in [4.78, 5) is 35.2. The minimum Gasteiger partial charge on any atom is -0.478 e. The minimum absolute atomic E-state index is 0. The van der Waals surface area contributed by atoms with Gasteiger partial charge in [-0.15, -0.1) is 12.4 Å². The number of nitrogens with zero attached hydrogens (tertiary/aromatic N) is 1. The Morgan fingerprint density at radius 3 is 1.94 bits per heavy atom. The summed E-state index contributed by atoms with van der Waals surface area (Å²) in [5.41, 5.74) is -2.21. The number of aromatic carboxylic acids is 3. The fraction of sp³-hybridized carbons (Fsp3) is 0. The first kappa shape index (κ1) is 13.8. The number of carbonyl (C=O) groups is 3. The maximum absolute atomic E-state index is 10.7. The summed E-state index contributed by atoms with van der Waals surface area (Å²) in [6.45, 7) is 0. The van der Waals surface area contributed by atoms with Gasteiger partial charge in [0.1, 0.15) is 5.56 Å². The van der Waals surface area contributed by atoms with Crippen LogP contribution in [0, 0.1) is 0 Å². The van der Waals surface area contributed by atoms with Crippen molar-refractivity contribution in [2.45, 2.75) is 0 Å².